The van der Waals surface area contributed by atoms with Crippen LogP contribution in [0.4, 0.5) is 5.13 Å². The molecule has 0 saturated carbocycles. The molecule has 1 saturated heterocycles. The fourth-order valence-electron chi connectivity index (χ4n) is 1.90. The Morgan fingerprint density at radius 1 is 1.55 bits per heavy atom. The largest absolute Gasteiger partial charge is 0.378 e. The van der Waals surface area contributed by atoms with Crippen molar-refractivity contribution in [2.45, 2.75) is 25.4 Å². The van der Waals surface area contributed by atoms with Crippen molar-refractivity contribution in [3.05, 3.63) is 5.01 Å². The van der Waals surface area contributed by atoms with E-state index in [4.69, 9.17) is 9.47 Å². The zero-order valence-electron chi connectivity index (χ0n) is 11.8. The van der Waals surface area contributed by atoms with Crippen LogP contribution >= 0.6 is 11.3 Å². The van der Waals surface area contributed by atoms with Crippen LogP contribution in [-0.4, -0.2) is 55.1 Å². The van der Waals surface area contributed by atoms with Crippen molar-refractivity contribution in [2.75, 3.05) is 38.7 Å². The van der Waals surface area contributed by atoms with Gasteiger partial charge in [-0.3, -0.25) is 4.79 Å². The Kier molecular flexibility index (Phi) is 5.27. The van der Waals surface area contributed by atoms with E-state index in [-0.39, 0.29) is 5.91 Å². The second-order valence-corrected chi connectivity index (χ2v) is 5.69. The standard InChI is InChI=1S/C12H20N4O3S/c1-3-5-13-11-16-15-10(20-11)9(17)14-7-12(18-2)4-6-19-8-12/h3-8H2,1-2H3,(H,13,16)(H,14,17). The molecule has 1 atom stereocenters. The van der Waals surface area contributed by atoms with E-state index in [1.807, 2.05) is 0 Å². The third-order valence-electron chi connectivity index (χ3n) is 3.22. The van der Waals surface area contributed by atoms with Gasteiger partial charge in [-0.25, -0.2) is 0 Å². The van der Waals surface area contributed by atoms with Crippen molar-refractivity contribution >= 4 is 22.4 Å². The zero-order valence-corrected chi connectivity index (χ0v) is 12.6. The van der Waals surface area contributed by atoms with Crippen molar-refractivity contribution in [1.82, 2.24) is 15.5 Å². The van der Waals surface area contributed by atoms with Gasteiger partial charge >= 0.3 is 0 Å². The molecule has 2 N–H and O–H groups in total. The Bertz CT molecular complexity index is 446. The average Bonchev–Trinajstić information content (AvgIpc) is 3.12. The summed E-state index contributed by atoms with van der Waals surface area (Å²) >= 11 is 1.25. The fraction of sp³-hybridized carbons (Fsp3) is 0.750. The summed E-state index contributed by atoms with van der Waals surface area (Å²) in [6.45, 7) is 4.46. The lowest BCUT2D eigenvalue weighted by Crippen LogP contribution is -2.45. The van der Waals surface area contributed by atoms with Crippen LogP contribution in [0.3, 0.4) is 0 Å². The van der Waals surface area contributed by atoms with Gasteiger partial charge in [0.2, 0.25) is 10.1 Å². The van der Waals surface area contributed by atoms with Gasteiger partial charge in [0.1, 0.15) is 5.60 Å². The van der Waals surface area contributed by atoms with Gasteiger partial charge in [0.15, 0.2) is 0 Å². The molecule has 1 amide bonds. The Balaban J connectivity index is 1.86. The molecule has 2 rings (SSSR count). The lowest BCUT2D eigenvalue weighted by Gasteiger charge is -2.25. The molecule has 7 nitrogen and oxygen atoms in total. The predicted octanol–water partition coefficient (Wildman–Crippen LogP) is 0.895. The topological polar surface area (TPSA) is 85.4 Å². The number of nitrogens with zero attached hydrogens (tertiary/aromatic N) is 2. The highest BCUT2D eigenvalue weighted by molar-refractivity contribution is 7.17. The molecule has 1 aliphatic heterocycles. The summed E-state index contributed by atoms with van der Waals surface area (Å²) in [5.74, 6) is -0.227. The molecule has 1 aromatic rings. The molecule has 0 aliphatic carbocycles. The van der Waals surface area contributed by atoms with E-state index in [0.29, 0.717) is 29.9 Å². The average molecular weight is 300 g/mol. The maximum absolute atomic E-state index is 12.0. The monoisotopic (exact) mass is 300 g/mol. The van der Waals surface area contributed by atoms with E-state index in [2.05, 4.69) is 27.8 Å². The van der Waals surface area contributed by atoms with Crippen LogP contribution in [0.2, 0.25) is 0 Å². The molecule has 0 spiro atoms. The van der Waals surface area contributed by atoms with E-state index in [0.717, 1.165) is 19.4 Å². The minimum atomic E-state index is -0.413. The fourth-order valence-corrected chi connectivity index (χ4v) is 2.58. The molecular formula is C12H20N4O3S. The highest BCUT2D eigenvalue weighted by Crippen LogP contribution is 2.22. The molecule has 0 radical (unpaired) electrons. The van der Waals surface area contributed by atoms with Crippen molar-refractivity contribution < 1.29 is 14.3 Å². The summed E-state index contributed by atoms with van der Waals surface area (Å²) in [6, 6.07) is 0. The van der Waals surface area contributed by atoms with Crippen molar-refractivity contribution in [3.63, 3.8) is 0 Å². The first-order valence-electron chi connectivity index (χ1n) is 6.67. The predicted molar refractivity (Wildman–Crippen MR) is 76.2 cm³/mol. The highest BCUT2D eigenvalue weighted by atomic mass is 32.1. The number of hydrogen-bond donors (Lipinski definition) is 2. The van der Waals surface area contributed by atoms with E-state index in [1.54, 1.807) is 7.11 Å². The summed E-state index contributed by atoms with van der Waals surface area (Å²) in [5, 5.41) is 14.8. The number of carbonyl (C=O) groups excluding carboxylic acids is 1. The van der Waals surface area contributed by atoms with Gasteiger partial charge < -0.3 is 20.1 Å². The number of anilines is 1. The van der Waals surface area contributed by atoms with Crippen molar-refractivity contribution in [3.8, 4) is 0 Å². The number of aromatic nitrogens is 2. The first-order valence-corrected chi connectivity index (χ1v) is 7.49. The third kappa shape index (κ3) is 3.65. The zero-order chi connectivity index (χ0) is 14.4. The van der Waals surface area contributed by atoms with Crippen LogP contribution in [0, 0.1) is 0 Å². The Morgan fingerprint density at radius 2 is 2.40 bits per heavy atom. The molecule has 8 heteroatoms. The number of carbonyl (C=O) groups is 1. The Labute approximate surface area is 122 Å². The summed E-state index contributed by atoms with van der Waals surface area (Å²) in [6.07, 6.45) is 1.78. The van der Waals surface area contributed by atoms with Crippen molar-refractivity contribution in [2.24, 2.45) is 0 Å². The maximum Gasteiger partial charge on any atom is 0.282 e. The van der Waals surface area contributed by atoms with Crippen LogP contribution in [0.1, 0.15) is 29.6 Å². The number of nitrogens with one attached hydrogen (secondary N) is 2. The van der Waals surface area contributed by atoms with Gasteiger partial charge in [0.25, 0.3) is 5.91 Å². The van der Waals surface area contributed by atoms with Gasteiger partial charge in [-0.1, -0.05) is 18.3 Å². The van der Waals surface area contributed by atoms with Crippen molar-refractivity contribution in [1.29, 1.82) is 0 Å². The van der Waals surface area contributed by atoms with E-state index in [9.17, 15) is 4.79 Å². The maximum atomic E-state index is 12.0. The van der Waals surface area contributed by atoms with Crippen LogP contribution in [0.5, 0.6) is 0 Å². The van der Waals surface area contributed by atoms with Gasteiger partial charge in [0, 0.05) is 33.2 Å². The molecule has 1 aromatic heterocycles. The van der Waals surface area contributed by atoms with Crippen LogP contribution < -0.4 is 10.6 Å². The smallest absolute Gasteiger partial charge is 0.282 e. The minimum absolute atomic E-state index is 0.227. The molecular weight excluding hydrogens is 280 g/mol. The van der Waals surface area contributed by atoms with Gasteiger partial charge in [0.05, 0.1) is 6.61 Å². The first kappa shape index (κ1) is 15.1. The SMILES string of the molecule is CCCNc1nnc(C(=O)NCC2(OC)CCOC2)s1. The molecule has 1 fully saturated rings. The number of rotatable bonds is 7. The molecule has 2 heterocycles. The van der Waals surface area contributed by atoms with E-state index < -0.39 is 5.60 Å². The summed E-state index contributed by atoms with van der Waals surface area (Å²) < 4.78 is 10.8. The van der Waals surface area contributed by atoms with Crippen LogP contribution in [0.15, 0.2) is 0 Å². The summed E-state index contributed by atoms with van der Waals surface area (Å²) in [7, 11) is 1.64. The van der Waals surface area contributed by atoms with E-state index in [1.165, 1.54) is 11.3 Å². The number of methoxy groups -OCH3 is 1. The van der Waals surface area contributed by atoms with Gasteiger partial charge in [-0.15, -0.1) is 10.2 Å². The molecule has 20 heavy (non-hydrogen) atoms. The Hall–Kier alpha value is -1.25. The second kappa shape index (κ2) is 6.96. The van der Waals surface area contributed by atoms with Crippen LogP contribution in [0.25, 0.3) is 0 Å². The summed E-state index contributed by atoms with van der Waals surface area (Å²) in [5.41, 5.74) is -0.413. The Morgan fingerprint density at radius 3 is 3.05 bits per heavy atom. The lowest BCUT2D eigenvalue weighted by atomic mass is 10.0. The quantitative estimate of drug-likeness (QED) is 0.778. The second-order valence-electron chi connectivity index (χ2n) is 4.71. The number of ether oxygens (including phenoxy) is 2. The van der Waals surface area contributed by atoms with Crippen LogP contribution in [-0.2, 0) is 9.47 Å². The molecule has 1 unspecified atom stereocenters. The normalized spacial score (nSPS) is 21.9. The molecule has 112 valence electrons. The number of amides is 1. The number of hydrogen-bond acceptors (Lipinski definition) is 7. The molecule has 0 bridgehead atoms. The summed E-state index contributed by atoms with van der Waals surface area (Å²) in [4.78, 5) is 12.0. The lowest BCUT2D eigenvalue weighted by molar-refractivity contribution is -0.0148. The molecule has 0 aromatic carbocycles. The highest BCUT2D eigenvalue weighted by Gasteiger charge is 2.35. The molecule has 1 aliphatic rings. The van der Waals surface area contributed by atoms with Gasteiger partial charge in [-0.05, 0) is 6.42 Å². The van der Waals surface area contributed by atoms with Gasteiger partial charge in [-0.2, -0.15) is 0 Å². The van der Waals surface area contributed by atoms with E-state index >= 15 is 0 Å². The third-order valence-corrected chi connectivity index (χ3v) is 4.10. The first-order chi connectivity index (χ1) is 9.69. The minimum Gasteiger partial charge on any atom is -0.378 e.